The summed E-state index contributed by atoms with van der Waals surface area (Å²) in [6.45, 7) is 0.741. The molecule has 0 saturated carbocycles. The van der Waals surface area contributed by atoms with Crippen LogP contribution in [0, 0.1) is 0 Å². The third kappa shape index (κ3) is 6.31. The predicted molar refractivity (Wildman–Crippen MR) is 154 cm³/mol. The number of unbranched alkanes of at least 4 members (excludes halogenated alkanes) is 2. The van der Waals surface area contributed by atoms with E-state index < -0.39 is 27.6 Å². The topological polar surface area (TPSA) is 175 Å². The smallest absolute Gasteiger partial charge is 0.345 e. The van der Waals surface area contributed by atoms with Gasteiger partial charge in [-0.2, -0.15) is 4.72 Å². The van der Waals surface area contributed by atoms with Crippen LogP contribution in [0.15, 0.2) is 76.8 Å². The standard InChI is InChI=1S/C28H30N6O6S/c35-25(23-15-18-40-33-23)32-28(26(36)37,34-41(38,39)24-14-8-10-19-9-2-3-11-20(19)24)16-6-1-7-17-29-27-30-21-12-4-5-13-22(21)31-27/h2-5,8-14,34H,1,6-7,15-18H2,(H,32,35)(H,36,37)(H2,29,30,31). The van der Waals surface area contributed by atoms with Gasteiger partial charge in [0.1, 0.15) is 12.3 Å². The van der Waals surface area contributed by atoms with Crippen molar-refractivity contribution in [2.75, 3.05) is 18.5 Å². The first kappa shape index (κ1) is 28.1. The second-order valence-electron chi connectivity index (χ2n) is 9.71. The number of sulfonamides is 1. The Labute approximate surface area is 236 Å². The first-order chi connectivity index (χ1) is 19.8. The first-order valence-corrected chi connectivity index (χ1v) is 14.7. The number of benzene rings is 3. The number of carbonyl (C=O) groups is 2. The largest absolute Gasteiger partial charge is 0.478 e. The molecule has 13 heteroatoms. The minimum absolute atomic E-state index is 0.00461. The number of imidazole rings is 1. The number of carbonyl (C=O) groups excluding carboxylic acids is 1. The molecule has 0 fully saturated rings. The van der Waals surface area contributed by atoms with E-state index in [9.17, 15) is 23.1 Å². The number of oxime groups is 1. The molecule has 0 aliphatic carbocycles. The van der Waals surface area contributed by atoms with Crippen LogP contribution in [0.2, 0.25) is 0 Å². The number of para-hydroxylation sites is 2. The molecule has 1 aliphatic heterocycles. The Hall–Kier alpha value is -4.49. The Morgan fingerprint density at radius 2 is 1.78 bits per heavy atom. The molecule has 1 amide bonds. The number of hydrogen-bond acceptors (Lipinski definition) is 8. The number of aromatic amines is 1. The van der Waals surface area contributed by atoms with Crippen LogP contribution in [0.3, 0.4) is 0 Å². The highest BCUT2D eigenvalue weighted by Gasteiger charge is 2.45. The number of fused-ring (bicyclic) bond motifs is 2. The Bertz CT molecular complexity index is 1680. The molecular weight excluding hydrogens is 548 g/mol. The lowest BCUT2D eigenvalue weighted by Crippen LogP contribution is -2.66. The quantitative estimate of drug-likeness (QED) is 0.119. The number of rotatable bonds is 13. The highest BCUT2D eigenvalue weighted by molar-refractivity contribution is 7.89. The van der Waals surface area contributed by atoms with Crippen LogP contribution in [0.4, 0.5) is 5.95 Å². The maximum absolute atomic E-state index is 13.6. The van der Waals surface area contributed by atoms with Crippen LogP contribution < -0.4 is 15.4 Å². The van der Waals surface area contributed by atoms with E-state index in [1.165, 1.54) is 6.07 Å². The zero-order valence-electron chi connectivity index (χ0n) is 22.1. The summed E-state index contributed by atoms with van der Waals surface area (Å²) in [4.78, 5) is 38.1. The number of H-pyrrole nitrogens is 1. The van der Waals surface area contributed by atoms with Crippen LogP contribution in [0.25, 0.3) is 21.8 Å². The molecule has 5 N–H and O–H groups in total. The summed E-state index contributed by atoms with van der Waals surface area (Å²) in [7, 11) is -4.40. The van der Waals surface area contributed by atoms with Gasteiger partial charge in [0.05, 0.1) is 15.9 Å². The van der Waals surface area contributed by atoms with Crippen molar-refractivity contribution in [1.82, 2.24) is 20.0 Å². The molecule has 1 unspecified atom stereocenters. The van der Waals surface area contributed by atoms with Gasteiger partial charge in [-0.25, -0.2) is 18.2 Å². The normalized spacial score (nSPS) is 14.8. The number of anilines is 1. The van der Waals surface area contributed by atoms with Gasteiger partial charge in [-0.3, -0.25) is 4.79 Å². The van der Waals surface area contributed by atoms with Crippen molar-refractivity contribution >= 4 is 55.4 Å². The fourth-order valence-electron chi connectivity index (χ4n) is 4.73. The SMILES string of the molecule is O=C(NC(CCCCCNc1nc2ccccc2[nH]1)(NS(=O)(=O)c1cccc2ccccc12)C(=O)O)C1=NOCC1. The van der Waals surface area contributed by atoms with Crippen molar-refractivity contribution in [1.29, 1.82) is 0 Å². The molecule has 12 nitrogen and oxygen atoms in total. The summed E-state index contributed by atoms with van der Waals surface area (Å²) < 4.78 is 29.6. The average Bonchev–Trinajstić information content (AvgIpc) is 3.64. The van der Waals surface area contributed by atoms with Gasteiger partial charge in [-0.05, 0) is 42.8 Å². The fraction of sp³-hybridized carbons (Fsp3) is 0.286. The fourth-order valence-corrected chi connectivity index (χ4v) is 6.27. The van der Waals surface area contributed by atoms with E-state index in [4.69, 9.17) is 4.84 Å². The minimum atomic E-state index is -4.40. The summed E-state index contributed by atoms with van der Waals surface area (Å²) in [6, 6.07) is 19.3. The van der Waals surface area contributed by atoms with Crippen molar-refractivity contribution in [2.45, 2.75) is 42.7 Å². The summed E-state index contributed by atoms with van der Waals surface area (Å²) in [5.74, 6) is -1.72. The third-order valence-corrected chi connectivity index (χ3v) is 8.37. The zero-order chi connectivity index (χ0) is 28.9. The number of hydrogen-bond donors (Lipinski definition) is 5. The zero-order valence-corrected chi connectivity index (χ0v) is 22.9. The van der Waals surface area contributed by atoms with Crippen LogP contribution in [0.1, 0.15) is 32.1 Å². The molecule has 4 aromatic rings. The van der Waals surface area contributed by atoms with Gasteiger partial charge in [-0.1, -0.05) is 60.1 Å². The Balaban J connectivity index is 1.31. The Morgan fingerprint density at radius 1 is 1.00 bits per heavy atom. The Kier molecular flexibility index (Phi) is 8.17. The molecule has 1 aromatic heterocycles. The molecule has 0 spiro atoms. The lowest BCUT2D eigenvalue weighted by atomic mass is 10.0. The predicted octanol–water partition coefficient (Wildman–Crippen LogP) is 3.34. The Morgan fingerprint density at radius 3 is 2.56 bits per heavy atom. The molecule has 0 saturated heterocycles. The molecule has 41 heavy (non-hydrogen) atoms. The summed E-state index contributed by atoms with van der Waals surface area (Å²) in [5, 5.41) is 20.7. The van der Waals surface area contributed by atoms with Crippen LogP contribution in [-0.2, 0) is 24.4 Å². The van der Waals surface area contributed by atoms with E-state index in [1.54, 1.807) is 36.4 Å². The van der Waals surface area contributed by atoms with Gasteiger partial charge < -0.3 is 25.6 Å². The number of nitrogens with one attached hydrogen (secondary N) is 4. The molecule has 1 atom stereocenters. The van der Waals surface area contributed by atoms with Crippen LogP contribution >= 0.6 is 0 Å². The van der Waals surface area contributed by atoms with Gasteiger partial charge in [0.2, 0.25) is 21.6 Å². The molecule has 0 bridgehead atoms. The van der Waals surface area contributed by atoms with Crippen molar-refractivity contribution in [3.05, 3.63) is 66.7 Å². The average molecular weight is 579 g/mol. The van der Waals surface area contributed by atoms with Crippen LogP contribution in [0.5, 0.6) is 0 Å². The molecule has 214 valence electrons. The van der Waals surface area contributed by atoms with Crippen LogP contribution in [-0.4, -0.2) is 59.9 Å². The maximum Gasteiger partial charge on any atom is 0.345 e. The van der Waals surface area contributed by atoms with E-state index in [0.717, 1.165) is 11.0 Å². The second kappa shape index (κ2) is 11.9. The molecule has 1 aliphatic rings. The molecule has 3 aromatic carbocycles. The molecule has 5 rings (SSSR count). The lowest BCUT2D eigenvalue weighted by Gasteiger charge is -2.31. The second-order valence-corrected chi connectivity index (χ2v) is 11.4. The van der Waals surface area contributed by atoms with E-state index in [2.05, 4.69) is 30.5 Å². The lowest BCUT2D eigenvalue weighted by molar-refractivity contribution is -0.148. The van der Waals surface area contributed by atoms with Gasteiger partial charge in [0.25, 0.3) is 5.91 Å². The minimum Gasteiger partial charge on any atom is -0.478 e. The van der Waals surface area contributed by atoms with Gasteiger partial charge in [0, 0.05) is 18.4 Å². The van der Waals surface area contributed by atoms with Gasteiger partial charge >= 0.3 is 5.97 Å². The van der Waals surface area contributed by atoms with Crippen molar-refractivity contribution in [2.24, 2.45) is 5.16 Å². The number of carboxylic acids is 1. The molecule has 2 heterocycles. The first-order valence-electron chi connectivity index (χ1n) is 13.2. The van der Waals surface area contributed by atoms with Crippen molar-refractivity contribution in [3.8, 4) is 0 Å². The van der Waals surface area contributed by atoms with Crippen molar-refractivity contribution < 1.29 is 28.0 Å². The highest BCUT2D eigenvalue weighted by Crippen LogP contribution is 2.25. The number of aromatic nitrogens is 2. The van der Waals surface area contributed by atoms with E-state index in [1.807, 2.05) is 24.3 Å². The third-order valence-electron chi connectivity index (χ3n) is 6.82. The van der Waals surface area contributed by atoms with E-state index >= 15 is 0 Å². The van der Waals surface area contributed by atoms with E-state index in [-0.39, 0.29) is 30.1 Å². The summed E-state index contributed by atoms with van der Waals surface area (Å²) >= 11 is 0. The number of carboxylic acid groups (broad SMARTS) is 1. The molecule has 0 radical (unpaired) electrons. The summed E-state index contributed by atoms with van der Waals surface area (Å²) in [5.41, 5.74) is -0.570. The van der Waals surface area contributed by atoms with Crippen molar-refractivity contribution in [3.63, 3.8) is 0 Å². The molecular formula is C28H30N6O6S. The van der Waals surface area contributed by atoms with Gasteiger partial charge in [0.15, 0.2) is 0 Å². The van der Waals surface area contributed by atoms with Gasteiger partial charge in [-0.15, -0.1) is 0 Å². The number of amides is 1. The maximum atomic E-state index is 13.6. The number of nitrogens with zero attached hydrogens (tertiary/aromatic N) is 2. The highest BCUT2D eigenvalue weighted by atomic mass is 32.2. The monoisotopic (exact) mass is 578 g/mol. The van der Waals surface area contributed by atoms with E-state index in [0.29, 0.717) is 42.5 Å². The number of aliphatic carboxylic acids is 1. The summed E-state index contributed by atoms with van der Waals surface area (Å²) in [6.07, 6.45) is 1.49.